The number of rotatable bonds is 3. The number of benzene rings is 1. The second-order valence-corrected chi connectivity index (χ2v) is 5.18. The van der Waals surface area contributed by atoms with E-state index in [1.807, 2.05) is 0 Å². The molecular weight excluding hydrogens is 208 g/mol. The quantitative estimate of drug-likeness (QED) is 0.837. The number of aryl methyl sites for hydroxylation is 1. The zero-order valence-electron chi connectivity index (χ0n) is 11.0. The van der Waals surface area contributed by atoms with Crippen molar-refractivity contribution in [1.29, 1.82) is 0 Å². The highest BCUT2D eigenvalue weighted by atomic mass is 15.0. The Kier molecular flexibility index (Phi) is 4.57. The van der Waals surface area contributed by atoms with E-state index in [1.54, 1.807) is 0 Å². The average Bonchev–Trinajstić information content (AvgIpc) is 2.57. The van der Waals surface area contributed by atoms with Crippen molar-refractivity contribution in [1.82, 2.24) is 10.6 Å². The van der Waals surface area contributed by atoms with E-state index in [0.29, 0.717) is 12.1 Å². The monoisotopic (exact) mass is 232 g/mol. The minimum atomic E-state index is 0.456. The molecule has 0 aromatic heterocycles. The largest absolute Gasteiger partial charge is 0.317 e. The minimum absolute atomic E-state index is 0.456. The predicted octanol–water partition coefficient (Wildman–Crippen LogP) is 2.79. The van der Waals surface area contributed by atoms with Crippen LogP contribution in [0.1, 0.15) is 43.4 Å². The molecule has 94 valence electrons. The maximum absolute atomic E-state index is 3.76. The molecule has 1 fully saturated rings. The molecule has 1 heterocycles. The highest BCUT2D eigenvalue weighted by molar-refractivity contribution is 5.24. The summed E-state index contributed by atoms with van der Waals surface area (Å²) in [5, 5.41) is 7.22. The lowest BCUT2D eigenvalue weighted by Crippen LogP contribution is -2.32. The molecule has 1 aromatic rings. The summed E-state index contributed by atoms with van der Waals surface area (Å²) in [5.41, 5.74) is 2.75. The third-order valence-electron chi connectivity index (χ3n) is 3.60. The standard InChI is InChI=1S/C15H24N2/c1-12-5-3-6-14(11-12)13(2)17-15-7-4-9-16-10-8-15/h3,5-6,11,13,15-17H,4,7-10H2,1-2H3/t13-,15?/m1/s1. The van der Waals surface area contributed by atoms with Crippen LogP contribution in [-0.4, -0.2) is 19.1 Å². The fourth-order valence-corrected chi connectivity index (χ4v) is 2.57. The topological polar surface area (TPSA) is 24.1 Å². The molecule has 2 atom stereocenters. The summed E-state index contributed by atoms with van der Waals surface area (Å²) in [6.45, 7) is 6.76. The van der Waals surface area contributed by atoms with Gasteiger partial charge in [-0.25, -0.2) is 0 Å². The third-order valence-corrected chi connectivity index (χ3v) is 3.60. The second-order valence-electron chi connectivity index (χ2n) is 5.18. The number of nitrogens with one attached hydrogen (secondary N) is 2. The van der Waals surface area contributed by atoms with E-state index in [0.717, 1.165) is 6.54 Å². The van der Waals surface area contributed by atoms with E-state index < -0.39 is 0 Å². The molecule has 0 radical (unpaired) electrons. The molecule has 1 aromatic carbocycles. The smallest absolute Gasteiger partial charge is 0.0294 e. The van der Waals surface area contributed by atoms with Crippen molar-refractivity contribution < 1.29 is 0 Å². The van der Waals surface area contributed by atoms with Crippen LogP contribution >= 0.6 is 0 Å². The van der Waals surface area contributed by atoms with Crippen LogP contribution in [0.3, 0.4) is 0 Å². The van der Waals surface area contributed by atoms with Gasteiger partial charge in [0.05, 0.1) is 0 Å². The second kappa shape index (κ2) is 6.18. The third kappa shape index (κ3) is 3.83. The van der Waals surface area contributed by atoms with Crippen molar-refractivity contribution in [3.05, 3.63) is 35.4 Å². The zero-order chi connectivity index (χ0) is 12.1. The Hall–Kier alpha value is -0.860. The van der Waals surface area contributed by atoms with Gasteiger partial charge in [-0.1, -0.05) is 29.8 Å². The van der Waals surface area contributed by atoms with Crippen LogP contribution < -0.4 is 10.6 Å². The maximum atomic E-state index is 3.76. The van der Waals surface area contributed by atoms with Crippen molar-refractivity contribution in [3.8, 4) is 0 Å². The summed E-state index contributed by atoms with van der Waals surface area (Å²) >= 11 is 0. The summed E-state index contributed by atoms with van der Waals surface area (Å²) in [4.78, 5) is 0. The van der Waals surface area contributed by atoms with Crippen molar-refractivity contribution in [2.45, 2.75) is 45.2 Å². The van der Waals surface area contributed by atoms with Gasteiger partial charge in [-0.05, 0) is 51.8 Å². The molecule has 1 unspecified atom stereocenters. The molecule has 2 N–H and O–H groups in total. The van der Waals surface area contributed by atoms with Gasteiger partial charge in [-0.3, -0.25) is 0 Å². The Balaban J connectivity index is 1.93. The van der Waals surface area contributed by atoms with Gasteiger partial charge in [0.2, 0.25) is 0 Å². The van der Waals surface area contributed by atoms with Crippen molar-refractivity contribution in [2.24, 2.45) is 0 Å². The molecule has 17 heavy (non-hydrogen) atoms. The summed E-state index contributed by atoms with van der Waals surface area (Å²) in [6.07, 6.45) is 3.83. The first kappa shape index (κ1) is 12.6. The fraction of sp³-hybridized carbons (Fsp3) is 0.600. The first-order valence-corrected chi connectivity index (χ1v) is 6.79. The molecule has 1 saturated heterocycles. The normalized spacial score (nSPS) is 23.1. The van der Waals surface area contributed by atoms with Crippen LogP contribution in [-0.2, 0) is 0 Å². The number of hydrogen-bond acceptors (Lipinski definition) is 2. The summed E-state index contributed by atoms with van der Waals surface area (Å²) in [6, 6.07) is 9.94. The molecule has 1 aliphatic heterocycles. The van der Waals surface area contributed by atoms with E-state index in [4.69, 9.17) is 0 Å². The van der Waals surface area contributed by atoms with Gasteiger partial charge in [-0.2, -0.15) is 0 Å². The summed E-state index contributed by atoms with van der Waals surface area (Å²) < 4.78 is 0. The van der Waals surface area contributed by atoms with E-state index in [-0.39, 0.29) is 0 Å². The lowest BCUT2D eigenvalue weighted by Gasteiger charge is -2.22. The van der Waals surface area contributed by atoms with Crippen molar-refractivity contribution in [2.75, 3.05) is 13.1 Å². The average molecular weight is 232 g/mol. The van der Waals surface area contributed by atoms with Crippen molar-refractivity contribution >= 4 is 0 Å². The van der Waals surface area contributed by atoms with E-state index in [9.17, 15) is 0 Å². The molecule has 2 heteroatoms. The zero-order valence-corrected chi connectivity index (χ0v) is 11.0. The van der Waals surface area contributed by atoms with Crippen LogP contribution in [0.15, 0.2) is 24.3 Å². The van der Waals surface area contributed by atoms with Gasteiger partial charge in [0.25, 0.3) is 0 Å². The SMILES string of the molecule is Cc1cccc([C@@H](C)NC2CCCNCC2)c1. The Morgan fingerprint density at radius 1 is 1.29 bits per heavy atom. The minimum Gasteiger partial charge on any atom is -0.317 e. The van der Waals surface area contributed by atoms with Gasteiger partial charge in [0.15, 0.2) is 0 Å². The Morgan fingerprint density at radius 3 is 3.00 bits per heavy atom. The van der Waals surface area contributed by atoms with Crippen LogP contribution in [0.4, 0.5) is 0 Å². The van der Waals surface area contributed by atoms with Crippen LogP contribution in [0.2, 0.25) is 0 Å². The Bertz CT molecular complexity index is 341. The molecule has 2 nitrogen and oxygen atoms in total. The van der Waals surface area contributed by atoms with E-state index in [1.165, 1.54) is 36.9 Å². The molecule has 2 rings (SSSR count). The van der Waals surface area contributed by atoms with E-state index >= 15 is 0 Å². The van der Waals surface area contributed by atoms with Gasteiger partial charge in [-0.15, -0.1) is 0 Å². The highest BCUT2D eigenvalue weighted by Gasteiger charge is 2.14. The van der Waals surface area contributed by atoms with Gasteiger partial charge in [0.1, 0.15) is 0 Å². The van der Waals surface area contributed by atoms with Crippen molar-refractivity contribution in [3.63, 3.8) is 0 Å². The van der Waals surface area contributed by atoms with Gasteiger partial charge in [0, 0.05) is 12.1 Å². The summed E-state index contributed by atoms with van der Waals surface area (Å²) in [5.74, 6) is 0. The molecule has 0 bridgehead atoms. The van der Waals surface area contributed by atoms with Crippen LogP contribution in [0.5, 0.6) is 0 Å². The molecule has 0 amide bonds. The Labute approximate surface area is 105 Å². The maximum Gasteiger partial charge on any atom is 0.0294 e. The summed E-state index contributed by atoms with van der Waals surface area (Å²) in [7, 11) is 0. The fourth-order valence-electron chi connectivity index (χ4n) is 2.57. The van der Waals surface area contributed by atoms with Gasteiger partial charge < -0.3 is 10.6 Å². The molecule has 1 aliphatic rings. The first-order chi connectivity index (χ1) is 8.25. The number of hydrogen-bond donors (Lipinski definition) is 2. The Morgan fingerprint density at radius 2 is 2.18 bits per heavy atom. The molecular formula is C15H24N2. The molecule has 0 saturated carbocycles. The lowest BCUT2D eigenvalue weighted by atomic mass is 10.0. The van der Waals surface area contributed by atoms with E-state index in [2.05, 4.69) is 48.7 Å². The first-order valence-electron chi connectivity index (χ1n) is 6.79. The van der Waals surface area contributed by atoms with Crippen LogP contribution in [0.25, 0.3) is 0 Å². The predicted molar refractivity (Wildman–Crippen MR) is 73.2 cm³/mol. The molecule has 0 spiro atoms. The lowest BCUT2D eigenvalue weighted by molar-refractivity contribution is 0.421. The molecule has 0 aliphatic carbocycles. The van der Waals surface area contributed by atoms with Gasteiger partial charge >= 0.3 is 0 Å². The van der Waals surface area contributed by atoms with Crippen LogP contribution in [0, 0.1) is 6.92 Å². The highest BCUT2D eigenvalue weighted by Crippen LogP contribution is 2.16.